The van der Waals surface area contributed by atoms with Gasteiger partial charge in [-0.15, -0.1) is 0 Å². The highest BCUT2D eigenvalue weighted by Crippen LogP contribution is 2.18. The lowest BCUT2D eigenvalue weighted by molar-refractivity contribution is 0.121. The predicted molar refractivity (Wildman–Crippen MR) is 103 cm³/mol. The Labute approximate surface area is 159 Å². The number of fused-ring (bicyclic) bond motifs is 2. The average molecular weight is 368 g/mol. The molecule has 4 heterocycles. The van der Waals surface area contributed by atoms with Crippen molar-refractivity contribution in [2.24, 2.45) is 0 Å². The fraction of sp³-hybridized carbons (Fsp3) is 0.650. The smallest absolute Gasteiger partial charge is 0.267 e. The van der Waals surface area contributed by atoms with Gasteiger partial charge in [-0.2, -0.15) is 10.2 Å². The van der Waals surface area contributed by atoms with Gasteiger partial charge < -0.3 is 0 Å². The van der Waals surface area contributed by atoms with Crippen molar-refractivity contribution >= 4 is 0 Å². The van der Waals surface area contributed by atoms with Gasteiger partial charge in [-0.3, -0.25) is 19.3 Å². The number of aryl methyl sites for hydroxylation is 4. The normalized spacial score (nSPS) is 20.1. The van der Waals surface area contributed by atoms with Gasteiger partial charge in [-0.05, 0) is 43.7 Å². The molecule has 27 heavy (non-hydrogen) atoms. The molecule has 0 bridgehead atoms. The molecule has 1 saturated heterocycles. The van der Waals surface area contributed by atoms with Crippen LogP contribution in [0.1, 0.15) is 35.5 Å². The summed E-state index contributed by atoms with van der Waals surface area (Å²) in [5.41, 5.74) is 4.96. The molecule has 0 radical (unpaired) electrons. The van der Waals surface area contributed by atoms with Crippen LogP contribution in [0.2, 0.25) is 0 Å². The maximum atomic E-state index is 12.2. The molecule has 1 fully saturated rings. The number of hydrogen-bond donors (Lipinski definition) is 0. The van der Waals surface area contributed by atoms with E-state index < -0.39 is 0 Å². The summed E-state index contributed by atoms with van der Waals surface area (Å²) >= 11 is 0. The molecule has 3 aliphatic rings. The molecule has 0 spiro atoms. The van der Waals surface area contributed by atoms with Crippen molar-refractivity contribution in [3.8, 4) is 0 Å². The quantitative estimate of drug-likeness (QED) is 0.777. The van der Waals surface area contributed by atoms with Crippen LogP contribution >= 0.6 is 0 Å². The Morgan fingerprint density at radius 2 is 1.70 bits per heavy atom. The van der Waals surface area contributed by atoms with Crippen LogP contribution in [0, 0.1) is 0 Å². The first-order valence-electron chi connectivity index (χ1n) is 10.3. The molecule has 7 nitrogen and oxygen atoms in total. The summed E-state index contributed by atoms with van der Waals surface area (Å²) in [6.07, 6.45) is 5.58. The van der Waals surface area contributed by atoms with Crippen LogP contribution < -0.4 is 5.56 Å². The predicted octanol–water partition coefficient (Wildman–Crippen LogP) is 0.693. The van der Waals surface area contributed by atoms with Crippen LogP contribution in [0.25, 0.3) is 0 Å². The van der Waals surface area contributed by atoms with E-state index in [2.05, 4.69) is 25.6 Å². The van der Waals surface area contributed by atoms with Crippen LogP contribution in [0.4, 0.5) is 0 Å². The Bertz CT molecular complexity index is 856. The van der Waals surface area contributed by atoms with Crippen molar-refractivity contribution in [1.29, 1.82) is 0 Å². The maximum absolute atomic E-state index is 12.2. The van der Waals surface area contributed by atoms with Gasteiger partial charge in [0.05, 0.1) is 17.9 Å². The summed E-state index contributed by atoms with van der Waals surface area (Å²) in [6, 6.07) is 4.08. The number of piperazine rings is 1. The minimum absolute atomic E-state index is 0.0575. The van der Waals surface area contributed by atoms with E-state index in [4.69, 9.17) is 5.10 Å². The fourth-order valence-electron chi connectivity index (χ4n) is 4.63. The standard InChI is InChI=1S/C20H28N6O/c27-20-13-16-3-1-5-19(16)22-26(20)12-11-23-7-9-24(10-8-23)15-17-14-18-4-2-6-25(18)21-17/h13-14H,1-12,15H2. The van der Waals surface area contributed by atoms with Gasteiger partial charge in [-0.25, -0.2) is 4.68 Å². The average Bonchev–Trinajstić information content (AvgIpc) is 3.37. The second-order valence-electron chi connectivity index (χ2n) is 8.10. The first-order chi connectivity index (χ1) is 13.2. The van der Waals surface area contributed by atoms with Gasteiger partial charge in [0.25, 0.3) is 5.56 Å². The summed E-state index contributed by atoms with van der Waals surface area (Å²) in [5, 5.41) is 9.32. The van der Waals surface area contributed by atoms with Crippen LogP contribution in [0.15, 0.2) is 16.9 Å². The molecule has 0 atom stereocenters. The Morgan fingerprint density at radius 3 is 2.56 bits per heavy atom. The van der Waals surface area contributed by atoms with Gasteiger partial charge in [0.1, 0.15) is 0 Å². The summed E-state index contributed by atoms with van der Waals surface area (Å²) in [6.45, 7) is 7.86. The third-order valence-electron chi connectivity index (χ3n) is 6.22. The third-order valence-corrected chi connectivity index (χ3v) is 6.22. The van der Waals surface area contributed by atoms with E-state index in [1.165, 1.54) is 24.2 Å². The van der Waals surface area contributed by atoms with Crippen molar-refractivity contribution in [3.63, 3.8) is 0 Å². The first-order valence-corrected chi connectivity index (χ1v) is 10.3. The number of nitrogens with zero attached hydrogens (tertiary/aromatic N) is 6. The zero-order valence-electron chi connectivity index (χ0n) is 15.9. The zero-order valence-corrected chi connectivity index (χ0v) is 15.9. The van der Waals surface area contributed by atoms with Gasteiger partial charge in [0.15, 0.2) is 0 Å². The molecule has 1 aliphatic carbocycles. The Balaban J connectivity index is 1.12. The van der Waals surface area contributed by atoms with Crippen molar-refractivity contribution in [1.82, 2.24) is 29.4 Å². The molecule has 7 heteroatoms. The maximum Gasteiger partial charge on any atom is 0.267 e. The molecule has 0 aromatic carbocycles. The number of aromatic nitrogens is 4. The molecule has 2 aliphatic heterocycles. The molecule has 0 unspecified atom stereocenters. The lowest BCUT2D eigenvalue weighted by Crippen LogP contribution is -2.47. The van der Waals surface area contributed by atoms with Crippen molar-refractivity contribution in [2.45, 2.75) is 51.7 Å². The molecule has 2 aromatic heterocycles. The topological polar surface area (TPSA) is 59.2 Å². The van der Waals surface area contributed by atoms with E-state index in [1.54, 1.807) is 10.7 Å². The van der Waals surface area contributed by atoms with Crippen LogP contribution in [-0.2, 0) is 38.9 Å². The molecule has 144 valence electrons. The zero-order chi connectivity index (χ0) is 18.2. The summed E-state index contributed by atoms with van der Waals surface area (Å²) < 4.78 is 3.84. The van der Waals surface area contributed by atoms with Crippen LogP contribution in [0.5, 0.6) is 0 Å². The van der Waals surface area contributed by atoms with E-state index >= 15 is 0 Å². The van der Waals surface area contributed by atoms with E-state index in [9.17, 15) is 4.79 Å². The first kappa shape index (κ1) is 17.1. The summed E-state index contributed by atoms with van der Waals surface area (Å²) in [7, 11) is 0. The second kappa shape index (κ2) is 7.20. The fourth-order valence-corrected chi connectivity index (χ4v) is 4.63. The molecule has 5 rings (SSSR count). The third kappa shape index (κ3) is 3.58. The SMILES string of the molecule is O=c1cc2c(nn1CCN1CCN(Cc3cc4n(n3)CCC4)CC1)CCC2. The number of rotatable bonds is 5. The highest BCUT2D eigenvalue weighted by molar-refractivity contribution is 5.22. The highest BCUT2D eigenvalue weighted by atomic mass is 16.1. The Kier molecular flexibility index (Phi) is 4.57. The second-order valence-corrected chi connectivity index (χ2v) is 8.10. The van der Waals surface area contributed by atoms with Crippen LogP contribution in [-0.4, -0.2) is 62.1 Å². The van der Waals surface area contributed by atoms with Crippen molar-refractivity contribution < 1.29 is 0 Å². The van der Waals surface area contributed by atoms with E-state index in [-0.39, 0.29) is 5.56 Å². The molecule has 0 saturated carbocycles. The molecule has 0 amide bonds. The molecular weight excluding hydrogens is 340 g/mol. The highest BCUT2D eigenvalue weighted by Gasteiger charge is 2.20. The Hall–Kier alpha value is -1.99. The van der Waals surface area contributed by atoms with E-state index in [0.29, 0.717) is 6.54 Å². The van der Waals surface area contributed by atoms with Crippen molar-refractivity contribution in [3.05, 3.63) is 45.1 Å². The molecule has 0 N–H and O–H groups in total. The van der Waals surface area contributed by atoms with Gasteiger partial charge in [-0.1, -0.05) is 0 Å². The molecular formula is C20H28N6O. The minimum atomic E-state index is 0.0575. The lowest BCUT2D eigenvalue weighted by atomic mass is 10.2. The van der Waals surface area contributed by atoms with Gasteiger partial charge >= 0.3 is 0 Å². The monoisotopic (exact) mass is 368 g/mol. The lowest BCUT2D eigenvalue weighted by Gasteiger charge is -2.34. The number of hydrogen-bond acceptors (Lipinski definition) is 5. The largest absolute Gasteiger partial charge is 0.299 e. The van der Waals surface area contributed by atoms with Gasteiger partial charge in [0.2, 0.25) is 0 Å². The van der Waals surface area contributed by atoms with Gasteiger partial charge in [0, 0.05) is 57.6 Å². The van der Waals surface area contributed by atoms with E-state index in [1.807, 2.05) is 0 Å². The summed E-state index contributed by atoms with van der Waals surface area (Å²) in [5.74, 6) is 0. The Morgan fingerprint density at radius 1 is 0.852 bits per heavy atom. The van der Waals surface area contributed by atoms with Crippen molar-refractivity contribution in [2.75, 3.05) is 32.7 Å². The molecule has 2 aromatic rings. The minimum Gasteiger partial charge on any atom is -0.299 e. The summed E-state index contributed by atoms with van der Waals surface area (Å²) in [4.78, 5) is 17.2. The van der Waals surface area contributed by atoms with Crippen LogP contribution in [0.3, 0.4) is 0 Å². The van der Waals surface area contributed by atoms with E-state index in [0.717, 1.165) is 76.3 Å².